The smallest absolute Gasteiger partial charge is 0.131 e. The van der Waals surface area contributed by atoms with E-state index in [1.807, 2.05) is 80.8 Å². The molecule has 0 radical (unpaired) electrons. The Morgan fingerprint density at radius 3 is 2.26 bits per heavy atom. The molecule has 0 bridgehead atoms. The zero-order chi connectivity index (χ0) is 32.7. The van der Waals surface area contributed by atoms with Crippen LogP contribution in [0.1, 0.15) is 41.7 Å². The normalized spacial score (nSPS) is 13.3. The molecular weight excluding hydrogens is 593 g/mol. The lowest BCUT2D eigenvalue weighted by atomic mass is 10.1. The van der Waals surface area contributed by atoms with Crippen LogP contribution in [-0.4, -0.2) is 30.7 Å². The summed E-state index contributed by atoms with van der Waals surface area (Å²) in [6.07, 6.45) is 7.85. The van der Waals surface area contributed by atoms with Crippen molar-refractivity contribution < 1.29 is 14.6 Å². The number of nitriles is 1. The maximum atomic E-state index is 9.82. The fourth-order valence-corrected chi connectivity index (χ4v) is 5.48. The molecule has 238 valence electrons. The number of hydrogen-bond acceptors (Lipinski definition) is 8. The molecule has 7 nitrogen and oxygen atoms in total. The topological polar surface area (TPSA) is 90.1 Å². The number of hydrogen-bond donors (Lipinski definition) is 2. The van der Waals surface area contributed by atoms with Crippen molar-refractivity contribution in [3.05, 3.63) is 125 Å². The summed E-state index contributed by atoms with van der Waals surface area (Å²) in [5.41, 5.74) is 7.02. The van der Waals surface area contributed by atoms with E-state index in [0.717, 1.165) is 28.1 Å². The third-order valence-electron chi connectivity index (χ3n) is 7.35. The maximum Gasteiger partial charge on any atom is 0.131 e. The average molecular weight is 635 g/mol. The van der Waals surface area contributed by atoms with Gasteiger partial charge in [-0.25, -0.2) is 0 Å². The van der Waals surface area contributed by atoms with Crippen LogP contribution < -0.4 is 19.1 Å². The number of aliphatic hydroxyl groups is 1. The Balaban J connectivity index is 0.00000235. The first kappa shape index (κ1) is 34.2. The van der Waals surface area contributed by atoms with Crippen molar-refractivity contribution >= 4 is 29.5 Å². The van der Waals surface area contributed by atoms with E-state index in [0.29, 0.717) is 49.1 Å². The molecule has 0 fully saturated rings. The summed E-state index contributed by atoms with van der Waals surface area (Å²) in [5, 5.41) is 19.0. The minimum absolute atomic E-state index is 0.109. The highest BCUT2D eigenvalue weighted by atomic mass is 32.2. The van der Waals surface area contributed by atoms with E-state index >= 15 is 0 Å². The molecule has 1 heterocycles. The Kier molecular flexibility index (Phi) is 13.1. The molecule has 4 aromatic carbocycles. The predicted molar refractivity (Wildman–Crippen MR) is 191 cm³/mol. The van der Waals surface area contributed by atoms with Crippen LogP contribution in [0.3, 0.4) is 0 Å². The van der Waals surface area contributed by atoms with Gasteiger partial charge >= 0.3 is 0 Å². The number of nitrogens with one attached hydrogen (secondary N) is 1. The number of benzene rings is 4. The lowest BCUT2D eigenvalue weighted by Gasteiger charge is -2.28. The largest absolute Gasteiger partial charge is 0.493 e. The molecule has 5 rings (SSSR count). The SMILES string of the molecule is CC.CSNc1cccc(N(Cc2ccc(C#N)cc2)Cc2ccc(Oc3cc(CO)cc(OCC4C=CC=NC4)c3)cc2)c1C. The van der Waals surface area contributed by atoms with E-state index in [2.05, 4.69) is 64.0 Å². The van der Waals surface area contributed by atoms with Crippen LogP contribution in [0.15, 0.2) is 102 Å². The summed E-state index contributed by atoms with van der Waals surface area (Å²) in [6, 6.07) is 29.8. The van der Waals surface area contributed by atoms with E-state index in [9.17, 15) is 10.4 Å². The van der Waals surface area contributed by atoms with E-state index in [-0.39, 0.29) is 12.5 Å². The zero-order valence-electron chi connectivity index (χ0n) is 26.9. The highest BCUT2D eigenvalue weighted by molar-refractivity contribution is 7.99. The highest BCUT2D eigenvalue weighted by Crippen LogP contribution is 2.32. The number of dihydropyridines is 1. The van der Waals surface area contributed by atoms with Crippen molar-refractivity contribution in [2.75, 3.05) is 29.0 Å². The fraction of sp³-hybridized carbons (Fsp3) is 0.263. The number of aliphatic imine (C=N–C) groups is 1. The molecule has 0 spiro atoms. The van der Waals surface area contributed by atoms with E-state index in [1.165, 1.54) is 5.56 Å². The molecule has 0 aliphatic carbocycles. The summed E-state index contributed by atoms with van der Waals surface area (Å²) in [5.74, 6) is 2.17. The van der Waals surface area contributed by atoms with Gasteiger partial charge in [-0.2, -0.15) is 5.26 Å². The Morgan fingerprint density at radius 2 is 1.63 bits per heavy atom. The molecular formula is C38H42N4O3S. The number of aliphatic hydroxyl groups excluding tert-OH is 1. The summed E-state index contributed by atoms with van der Waals surface area (Å²) >= 11 is 1.57. The Morgan fingerprint density at radius 1 is 0.935 bits per heavy atom. The molecule has 1 aliphatic rings. The van der Waals surface area contributed by atoms with Crippen LogP contribution >= 0.6 is 11.9 Å². The molecule has 0 amide bonds. The Hall–Kier alpha value is -4.71. The summed E-state index contributed by atoms with van der Waals surface area (Å²) in [4.78, 5) is 6.64. The highest BCUT2D eigenvalue weighted by Gasteiger charge is 2.15. The Bertz CT molecular complexity index is 1650. The first-order valence-electron chi connectivity index (χ1n) is 15.5. The number of nitrogens with zero attached hydrogens (tertiary/aromatic N) is 3. The van der Waals surface area contributed by atoms with Gasteiger partial charge in [-0.3, -0.25) is 4.99 Å². The third kappa shape index (κ3) is 9.64. The van der Waals surface area contributed by atoms with Gasteiger partial charge in [0, 0.05) is 55.5 Å². The molecule has 2 N–H and O–H groups in total. The van der Waals surface area contributed by atoms with Crippen molar-refractivity contribution in [2.24, 2.45) is 10.9 Å². The third-order valence-corrected chi connectivity index (χ3v) is 7.77. The van der Waals surface area contributed by atoms with Crippen molar-refractivity contribution in [2.45, 2.75) is 40.5 Å². The van der Waals surface area contributed by atoms with E-state index in [4.69, 9.17) is 9.47 Å². The van der Waals surface area contributed by atoms with Crippen LogP contribution in [0, 0.1) is 24.2 Å². The molecule has 1 unspecified atom stereocenters. The van der Waals surface area contributed by atoms with Crippen LogP contribution in [0.4, 0.5) is 11.4 Å². The number of rotatable bonds is 13. The van der Waals surface area contributed by atoms with Crippen molar-refractivity contribution in [3.63, 3.8) is 0 Å². The lowest BCUT2D eigenvalue weighted by Crippen LogP contribution is -2.23. The predicted octanol–water partition coefficient (Wildman–Crippen LogP) is 8.71. The lowest BCUT2D eigenvalue weighted by molar-refractivity contribution is 0.269. The van der Waals surface area contributed by atoms with Gasteiger partial charge in [0.2, 0.25) is 0 Å². The summed E-state index contributed by atoms with van der Waals surface area (Å²) in [7, 11) is 0. The quantitative estimate of drug-likeness (QED) is 0.142. The van der Waals surface area contributed by atoms with Gasteiger partial charge < -0.3 is 24.2 Å². The van der Waals surface area contributed by atoms with Gasteiger partial charge in [0.05, 0.1) is 24.8 Å². The number of ether oxygens (including phenoxy) is 2. The molecule has 46 heavy (non-hydrogen) atoms. The molecule has 4 aromatic rings. The maximum absolute atomic E-state index is 9.82. The molecule has 0 aromatic heterocycles. The zero-order valence-corrected chi connectivity index (χ0v) is 27.8. The van der Waals surface area contributed by atoms with Gasteiger partial charge in [0.15, 0.2) is 0 Å². The molecule has 8 heteroatoms. The van der Waals surface area contributed by atoms with Crippen LogP contribution in [0.2, 0.25) is 0 Å². The van der Waals surface area contributed by atoms with E-state index < -0.39 is 0 Å². The first-order chi connectivity index (χ1) is 22.5. The average Bonchev–Trinajstić information content (AvgIpc) is 3.10. The second kappa shape index (κ2) is 17.7. The van der Waals surface area contributed by atoms with Gasteiger partial charge in [-0.15, -0.1) is 0 Å². The molecule has 0 saturated carbocycles. The van der Waals surface area contributed by atoms with Crippen LogP contribution in [-0.2, 0) is 19.7 Å². The van der Waals surface area contributed by atoms with Crippen LogP contribution in [0.25, 0.3) is 0 Å². The second-order valence-corrected chi connectivity index (χ2v) is 11.2. The minimum atomic E-state index is -0.109. The summed E-state index contributed by atoms with van der Waals surface area (Å²) in [6.45, 7) is 8.61. The monoisotopic (exact) mass is 634 g/mol. The van der Waals surface area contributed by atoms with Gasteiger partial charge in [0.1, 0.15) is 17.2 Å². The number of anilines is 2. The molecule has 1 atom stereocenters. The molecule has 1 aliphatic heterocycles. The summed E-state index contributed by atoms with van der Waals surface area (Å²) < 4.78 is 15.6. The van der Waals surface area contributed by atoms with Crippen molar-refractivity contribution in [1.29, 1.82) is 5.26 Å². The van der Waals surface area contributed by atoms with Crippen LogP contribution in [0.5, 0.6) is 17.2 Å². The van der Waals surface area contributed by atoms with Crippen molar-refractivity contribution in [1.82, 2.24) is 0 Å². The fourth-order valence-electron chi connectivity index (χ4n) is 5.04. The van der Waals surface area contributed by atoms with Crippen molar-refractivity contribution in [3.8, 4) is 23.3 Å². The standard InChI is InChI=1S/C36H36N4O3S.C2H6/c1-26-35(39-44-2)6-3-7-36(26)40(22-28-10-8-27(20-37)9-11-28)23-29-12-14-32(15-13-29)43-34-18-31(24-41)17-33(19-34)42-25-30-5-4-16-38-21-30;1-2/h3-19,30,39,41H,21-25H2,1-2H3;1-2H3. The molecule has 0 saturated heterocycles. The number of allylic oxidation sites excluding steroid dienone is 1. The minimum Gasteiger partial charge on any atom is -0.493 e. The Labute approximate surface area is 277 Å². The van der Waals surface area contributed by atoms with Gasteiger partial charge in [-0.1, -0.05) is 62.2 Å². The van der Waals surface area contributed by atoms with Gasteiger partial charge in [-0.05, 0) is 83.8 Å². The van der Waals surface area contributed by atoms with E-state index in [1.54, 1.807) is 18.2 Å². The van der Waals surface area contributed by atoms with Gasteiger partial charge in [0.25, 0.3) is 0 Å². The second-order valence-electron chi connectivity index (χ2n) is 10.6. The first-order valence-corrected chi connectivity index (χ1v) is 16.7.